The molecule has 11 nitrogen and oxygen atoms in total. The van der Waals surface area contributed by atoms with Crippen LogP contribution < -0.4 is 10.9 Å². The molecule has 0 spiro atoms. The maximum atomic E-state index is 12.3. The Morgan fingerprint density at radius 3 is 2.55 bits per heavy atom. The van der Waals surface area contributed by atoms with Gasteiger partial charge in [0.2, 0.25) is 0 Å². The number of imidazole rings is 1. The van der Waals surface area contributed by atoms with Gasteiger partial charge in [0.1, 0.15) is 11.9 Å². The summed E-state index contributed by atoms with van der Waals surface area (Å²) in [7, 11) is 3.81. The van der Waals surface area contributed by atoms with Gasteiger partial charge in [0.05, 0.1) is 36.4 Å². The summed E-state index contributed by atoms with van der Waals surface area (Å²) in [6.45, 7) is 8.50. The largest absolute Gasteiger partial charge is 0.480 e. The van der Waals surface area contributed by atoms with Gasteiger partial charge in [0.25, 0.3) is 5.56 Å². The van der Waals surface area contributed by atoms with E-state index in [9.17, 15) is 19.8 Å². The summed E-state index contributed by atoms with van der Waals surface area (Å²) in [5.41, 5.74) is 3.97. The minimum Gasteiger partial charge on any atom is -0.480 e. The number of morpholine rings is 1. The molecule has 0 amide bonds. The standard InChI is InChI=1S/C25H33N5O5.C4H8O/c1-15-9-18(12-29(4)24(15)32)23-27-20-10-17(11-26-22(16(2)31)25(33)34)5-6-21(20)30(23)14-19-13-28(3)7-8-35-19;1-2-4-5-3-1/h5-6,9-10,12,16,19,22,26,31H,7-8,11,13-14H2,1-4H3,(H,33,34);1-4H2. The molecule has 1 aromatic carbocycles. The number of carboxylic acid groups (broad SMARTS) is 1. The van der Waals surface area contributed by atoms with Gasteiger partial charge in [-0.2, -0.15) is 0 Å². The van der Waals surface area contributed by atoms with Crippen molar-refractivity contribution in [1.82, 2.24) is 24.3 Å². The first-order chi connectivity index (χ1) is 19.1. The third-order valence-electron chi connectivity index (χ3n) is 7.26. The van der Waals surface area contributed by atoms with E-state index in [1.165, 1.54) is 19.8 Å². The Bertz CT molecular complexity index is 1330. The van der Waals surface area contributed by atoms with Crippen LogP contribution in [0.2, 0.25) is 0 Å². The third-order valence-corrected chi connectivity index (χ3v) is 7.26. The molecule has 218 valence electrons. The minimum atomic E-state index is -1.10. The molecule has 4 heterocycles. The zero-order valence-corrected chi connectivity index (χ0v) is 23.8. The van der Waals surface area contributed by atoms with Crippen molar-refractivity contribution in [2.75, 3.05) is 40.0 Å². The number of hydrogen-bond donors (Lipinski definition) is 3. The molecule has 11 heteroatoms. The van der Waals surface area contributed by atoms with Gasteiger partial charge in [0.15, 0.2) is 0 Å². The Morgan fingerprint density at radius 2 is 1.95 bits per heavy atom. The number of hydrogen-bond acceptors (Lipinski definition) is 8. The molecule has 2 saturated heterocycles. The van der Waals surface area contributed by atoms with Crippen molar-refractivity contribution in [1.29, 1.82) is 0 Å². The zero-order chi connectivity index (χ0) is 28.8. The average molecular weight is 556 g/mol. The van der Waals surface area contributed by atoms with Crippen LogP contribution in [0.4, 0.5) is 0 Å². The fourth-order valence-corrected chi connectivity index (χ4v) is 5.07. The topological polar surface area (TPSA) is 131 Å². The summed E-state index contributed by atoms with van der Waals surface area (Å²) in [6.07, 6.45) is 3.33. The number of aliphatic hydroxyl groups excluding tert-OH is 1. The maximum Gasteiger partial charge on any atom is 0.323 e. The van der Waals surface area contributed by atoms with Crippen molar-refractivity contribution in [3.05, 3.63) is 51.9 Å². The van der Waals surface area contributed by atoms with E-state index in [-0.39, 0.29) is 18.2 Å². The predicted molar refractivity (Wildman–Crippen MR) is 152 cm³/mol. The number of aliphatic carboxylic acids is 1. The van der Waals surface area contributed by atoms with Crippen molar-refractivity contribution >= 4 is 17.0 Å². The van der Waals surface area contributed by atoms with Crippen LogP contribution in [-0.4, -0.2) is 93.4 Å². The van der Waals surface area contributed by atoms with E-state index in [2.05, 4.69) is 21.8 Å². The van der Waals surface area contributed by atoms with E-state index in [4.69, 9.17) is 14.5 Å². The summed E-state index contributed by atoms with van der Waals surface area (Å²) < 4.78 is 14.7. The lowest BCUT2D eigenvalue weighted by atomic mass is 10.1. The van der Waals surface area contributed by atoms with Crippen molar-refractivity contribution < 1.29 is 24.5 Å². The first kappa shape index (κ1) is 29.9. The van der Waals surface area contributed by atoms with Gasteiger partial charge in [-0.3, -0.25) is 14.9 Å². The molecule has 0 saturated carbocycles. The summed E-state index contributed by atoms with van der Waals surface area (Å²) >= 11 is 0. The molecule has 0 bridgehead atoms. The Balaban J connectivity index is 0.000000666. The predicted octanol–water partition coefficient (Wildman–Crippen LogP) is 1.76. The van der Waals surface area contributed by atoms with E-state index in [0.29, 0.717) is 18.7 Å². The lowest BCUT2D eigenvalue weighted by Crippen LogP contribution is -2.44. The maximum absolute atomic E-state index is 12.3. The number of nitrogens with one attached hydrogen (secondary N) is 1. The highest BCUT2D eigenvalue weighted by Gasteiger charge is 2.24. The summed E-state index contributed by atoms with van der Waals surface area (Å²) in [4.78, 5) is 30.8. The number of likely N-dealkylation sites (N-methyl/N-ethyl adjacent to an activating group) is 1. The molecule has 40 heavy (non-hydrogen) atoms. The first-order valence-corrected chi connectivity index (χ1v) is 13.8. The van der Waals surface area contributed by atoms with Gasteiger partial charge >= 0.3 is 5.97 Å². The number of rotatable bonds is 8. The van der Waals surface area contributed by atoms with E-state index in [1.54, 1.807) is 24.7 Å². The molecule has 0 radical (unpaired) electrons. The van der Waals surface area contributed by atoms with Crippen LogP contribution in [0, 0.1) is 6.92 Å². The second-order valence-corrected chi connectivity index (χ2v) is 10.7. The Kier molecular flexibility index (Phi) is 10.1. The number of aliphatic hydroxyl groups is 1. The lowest BCUT2D eigenvalue weighted by Gasteiger charge is -2.30. The number of nitrogens with zero attached hydrogens (tertiary/aromatic N) is 4. The average Bonchev–Trinajstić information content (AvgIpc) is 3.59. The fraction of sp³-hybridized carbons (Fsp3) is 0.552. The highest BCUT2D eigenvalue weighted by Crippen LogP contribution is 2.27. The molecule has 3 aromatic rings. The number of carboxylic acids is 1. The molecule has 3 unspecified atom stereocenters. The van der Waals surface area contributed by atoms with Crippen molar-refractivity contribution in [2.45, 2.75) is 58.0 Å². The summed E-state index contributed by atoms with van der Waals surface area (Å²) in [5, 5.41) is 22.0. The smallest absolute Gasteiger partial charge is 0.323 e. The first-order valence-electron chi connectivity index (χ1n) is 13.8. The second-order valence-electron chi connectivity index (χ2n) is 10.7. The van der Waals surface area contributed by atoms with Crippen LogP contribution in [0.15, 0.2) is 35.3 Å². The fourth-order valence-electron chi connectivity index (χ4n) is 5.07. The third kappa shape index (κ3) is 7.35. The molecule has 0 aliphatic carbocycles. The van der Waals surface area contributed by atoms with Gasteiger partial charge in [-0.15, -0.1) is 0 Å². The number of aryl methyl sites for hydroxylation is 2. The van der Waals surface area contributed by atoms with Crippen LogP contribution in [0.25, 0.3) is 22.4 Å². The number of benzene rings is 1. The number of carbonyl (C=O) groups is 1. The van der Waals surface area contributed by atoms with Gasteiger partial charge in [-0.05, 0) is 57.5 Å². The molecule has 5 rings (SSSR count). The zero-order valence-electron chi connectivity index (χ0n) is 23.8. The van der Waals surface area contributed by atoms with E-state index < -0.39 is 18.1 Å². The molecule has 2 aromatic heterocycles. The van der Waals surface area contributed by atoms with Gasteiger partial charge in [-0.25, -0.2) is 4.98 Å². The Labute approximate surface area is 234 Å². The van der Waals surface area contributed by atoms with Crippen LogP contribution in [0.3, 0.4) is 0 Å². The van der Waals surface area contributed by atoms with E-state index in [0.717, 1.165) is 54.3 Å². The van der Waals surface area contributed by atoms with Crippen molar-refractivity contribution in [3.8, 4) is 11.4 Å². The summed E-state index contributed by atoms with van der Waals surface area (Å²) in [5.74, 6) is -0.358. The van der Waals surface area contributed by atoms with Crippen LogP contribution in [0.1, 0.15) is 30.9 Å². The number of pyridine rings is 1. The molecule has 2 aliphatic rings. The highest BCUT2D eigenvalue weighted by molar-refractivity contribution is 5.81. The van der Waals surface area contributed by atoms with Crippen LogP contribution in [0.5, 0.6) is 0 Å². The molecule has 2 fully saturated rings. The minimum absolute atomic E-state index is 0.00207. The SMILES string of the molecule is C1CCOC1.Cc1cc(-c2nc3cc(CNC(C(=O)O)C(C)O)ccc3n2CC2CN(C)CCO2)cn(C)c1=O. The normalized spacial score (nSPS) is 19.3. The highest BCUT2D eigenvalue weighted by atomic mass is 16.5. The lowest BCUT2D eigenvalue weighted by molar-refractivity contribution is -0.142. The summed E-state index contributed by atoms with van der Waals surface area (Å²) in [6, 6.07) is 6.62. The second kappa shape index (κ2) is 13.5. The number of ether oxygens (including phenoxy) is 2. The molecule has 2 aliphatic heterocycles. The molecule has 3 atom stereocenters. The van der Waals surface area contributed by atoms with E-state index >= 15 is 0 Å². The molecule has 3 N–H and O–H groups in total. The number of fused-ring (bicyclic) bond motifs is 1. The number of aromatic nitrogens is 3. The van der Waals surface area contributed by atoms with Crippen molar-refractivity contribution in [3.63, 3.8) is 0 Å². The van der Waals surface area contributed by atoms with Crippen LogP contribution in [-0.2, 0) is 34.4 Å². The van der Waals surface area contributed by atoms with Gasteiger partial charge in [-0.1, -0.05) is 6.07 Å². The molecular weight excluding hydrogens is 514 g/mol. The Hall–Kier alpha value is -3.09. The van der Waals surface area contributed by atoms with Crippen LogP contribution >= 0.6 is 0 Å². The van der Waals surface area contributed by atoms with E-state index in [1.807, 2.05) is 24.3 Å². The quantitative estimate of drug-likeness (QED) is 0.381. The van der Waals surface area contributed by atoms with Gasteiger partial charge in [0, 0.05) is 57.2 Å². The molecular formula is C29H41N5O6. The Morgan fingerprint density at radius 1 is 1.20 bits per heavy atom. The van der Waals surface area contributed by atoms with Gasteiger partial charge < -0.3 is 33.7 Å². The monoisotopic (exact) mass is 555 g/mol. The van der Waals surface area contributed by atoms with Crippen molar-refractivity contribution in [2.24, 2.45) is 7.05 Å².